The number of anilines is 1. The Bertz CT molecular complexity index is 727. The molecule has 3 nitrogen and oxygen atoms in total. The first-order valence-electron chi connectivity index (χ1n) is 6.81. The number of nitrogens with zero attached hydrogens (tertiary/aromatic N) is 1. The summed E-state index contributed by atoms with van der Waals surface area (Å²) < 4.78 is 1.03. The van der Waals surface area contributed by atoms with Crippen LogP contribution in [0.15, 0.2) is 40.9 Å². The van der Waals surface area contributed by atoms with Crippen molar-refractivity contribution in [1.82, 2.24) is 0 Å². The van der Waals surface area contributed by atoms with Gasteiger partial charge in [-0.05, 0) is 41.3 Å². The minimum absolute atomic E-state index is 0.0936. The number of benzene rings is 2. The summed E-state index contributed by atoms with van der Waals surface area (Å²) in [5.41, 5.74) is 4.67. The second-order valence-corrected chi connectivity index (χ2v) is 6.28. The van der Waals surface area contributed by atoms with Crippen molar-refractivity contribution in [2.24, 2.45) is 0 Å². The van der Waals surface area contributed by atoms with E-state index in [1.807, 2.05) is 43.3 Å². The summed E-state index contributed by atoms with van der Waals surface area (Å²) in [6.07, 6.45) is -0.269. The minimum atomic E-state index is -0.678. The molecule has 108 valence electrons. The Morgan fingerprint density at radius 1 is 1.19 bits per heavy atom. The summed E-state index contributed by atoms with van der Waals surface area (Å²) in [6, 6.07) is 11.5. The van der Waals surface area contributed by atoms with Crippen LogP contribution in [0.5, 0.6) is 0 Å². The summed E-state index contributed by atoms with van der Waals surface area (Å²) >= 11 is 3.46. The van der Waals surface area contributed by atoms with E-state index in [0.29, 0.717) is 6.42 Å². The van der Waals surface area contributed by atoms with E-state index < -0.39 is 6.10 Å². The van der Waals surface area contributed by atoms with E-state index in [2.05, 4.69) is 15.9 Å². The Kier molecular flexibility index (Phi) is 3.59. The summed E-state index contributed by atoms with van der Waals surface area (Å²) in [4.78, 5) is 13.4. The predicted molar refractivity (Wildman–Crippen MR) is 86.5 cm³/mol. The van der Waals surface area contributed by atoms with Gasteiger partial charge in [-0.3, -0.25) is 4.79 Å². The highest BCUT2D eigenvalue weighted by Crippen LogP contribution is 2.32. The Balaban J connectivity index is 1.96. The number of carbonyl (C=O) groups excluding carboxylic acids is 1. The normalized spacial score (nSPS) is 15.2. The largest absolute Gasteiger partial charge is 0.384 e. The van der Waals surface area contributed by atoms with Gasteiger partial charge in [-0.25, -0.2) is 0 Å². The van der Waals surface area contributed by atoms with Crippen molar-refractivity contribution in [3.05, 3.63) is 63.1 Å². The Hall–Kier alpha value is -1.65. The molecule has 0 saturated heterocycles. The fraction of sp³-hybridized carbons (Fsp3) is 0.235. The molecule has 0 bridgehead atoms. The molecule has 1 heterocycles. The molecule has 0 aliphatic carbocycles. The smallest absolute Gasteiger partial charge is 0.231 e. The van der Waals surface area contributed by atoms with Crippen LogP contribution < -0.4 is 4.90 Å². The zero-order chi connectivity index (χ0) is 15.1. The minimum Gasteiger partial charge on any atom is -0.384 e. The van der Waals surface area contributed by atoms with Gasteiger partial charge in [0, 0.05) is 17.2 Å². The van der Waals surface area contributed by atoms with E-state index in [4.69, 9.17) is 0 Å². The van der Waals surface area contributed by atoms with Gasteiger partial charge in [-0.1, -0.05) is 40.2 Å². The van der Waals surface area contributed by atoms with E-state index in [-0.39, 0.29) is 5.91 Å². The Morgan fingerprint density at radius 2 is 1.86 bits per heavy atom. The molecule has 0 saturated carbocycles. The van der Waals surface area contributed by atoms with Crippen molar-refractivity contribution >= 4 is 27.5 Å². The lowest BCUT2D eigenvalue weighted by molar-refractivity contribution is -0.117. The molecule has 4 heteroatoms. The highest BCUT2D eigenvalue weighted by atomic mass is 79.9. The van der Waals surface area contributed by atoms with Crippen molar-refractivity contribution in [3.63, 3.8) is 0 Å². The maximum atomic E-state index is 11.7. The van der Waals surface area contributed by atoms with Gasteiger partial charge < -0.3 is 10.0 Å². The zero-order valence-corrected chi connectivity index (χ0v) is 13.5. The number of likely N-dealkylation sites (N-methyl/N-ethyl adjacent to an activating group) is 1. The van der Waals surface area contributed by atoms with Crippen molar-refractivity contribution in [2.75, 3.05) is 11.9 Å². The molecular weight excluding hydrogens is 330 g/mol. The van der Waals surface area contributed by atoms with E-state index in [9.17, 15) is 9.90 Å². The summed E-state index contributed by atoms with van der Waals surface area (Å²) in [5, 5.41) is 10.6. The predicted octanol–water partition coefficient (Wildman–Crippen LogP) is 3.36. The molecular formula is C17H16BrNO2. The van der Waals surface area contributed by atoms with E-state index in [1.165, 1.54) is 0 Å². The number of rotatable bonds is 2. The van der Waals surface area contributed by atoms with Gasteiger partial charge >= 0.3 is 0 Å². The molecule has 1 unspecified atom stereocenters. The van der Waals surface area contributed by atoms with Crippen molar-refractivity contribution in [1.29, 1.82) is 0 Å². The summed E-state index contributed by atoms with van der Waals surface area (Å²) in [6.45, 7) is 2.00. The molecule has 1 aliphatic heterocycles. The molecule has 1 amide bonds. The third-order valence-corrected chi connectivity index (χ3v) is 4.88. The summed E-state index contributed by atoms with van der Waals surface area (Å²) in [5.74, 6) is 0.0936. The fourth-order valence-corrected chi connectivity index (χ4v) is 2.94. The molecule has 21 heavy (non-hydrogen) atoms. The van der Waals surface area contributed by atoms with Crippen LogP contribution in [0.4, 0.5) is 5.69 Å². The fourth-order valence-electron chi connectivity index (χ4n) is 2.69. The van der Waals surface area contributed by atoms with Crippen LogP contribution >= 0.6 is 15.9 Å². The van der Waals surface area contributed by atoms with E-state index in [0.717, 1.165) is 32.4 Å². The van der Waals surface area contributed by atoms with Crippen molar-refractivity contribution < 1.29 is 9.90 Å². The number of aryl methyl sites for hydroxylation is 1. The first-order valence-corrected chi connectivity index (χ1v) is 7.60. The Morgan fingerprint density at radius 3 is 2.57 bits per heavy atom. The maximum absolute atomic E-state index is 11.7. The number of amides is 1. The number of hydrogen-bond donors (Lipinski definition) is 1. The second-order valence-electron chi connectivity index (χ2n) is 5.43. The first kappa shape index (κ1) is 14.3. The highest BCUT2D eigenvalue weighted by molar-refractivity contribution is 9.10. The van der Waals surface area contributed by atoms with Gasteiger partial charge in [0.1, 0.15) is 6.10 Å². The average molecular weight is 346 g/mol. The molecule has 2 aromatic rings. The first-order chi connectivity index (χ1) is 9.97. The maximum Gasteiger partial charge on any atom is 0.231 e. The Labute approximate surface area is 132 Å². The number of hydrogen-bond acceptors (Lipinski definition) is 2. The molecule has 0 radical (unpaired) electrons. The van der Waals surface area contributed by atoms with Crippen LogP contribution in [-0.2, 0) is 11.2 Å². The van der Waals surface area contributed by atoms with Crippen LogP contribution in [0.25, 0.3) is 0 Å². The average Bonchev–Trinajstić information content (AvgIpc) is 2.76. The highest BCUT2D eigenvalue weighted by Gasteiger charge is 2.25. The molecule has 0 fully saturated rings. The van der Waals surface area contributed by atoms with Crippen LogP contribution in [-0.4, -0.2) is 18.1 Å². The topological polar surface area (TPSA) is 40.5 Å². The molecule has 1 aliphatic rings. The van der Waals surface area contributed by atoms with E-state index >= 15 is 0 Å². The lowest BCUT2D eigenvalue weighted by Crippen LogP contribution is -2.20. The number of aliphatic hydroxyl groups is 1. The molecule has 1 atom stereocenters. The standard InChI is InChI=1S/C17H16BrNO2/c1-10-7-11(3-5-14(10)18)17(21)12-4-6-15-13(8-12)9-16(20)19(15)2/h3-8,17,21H,9H2,1-2H3. The van der Waals surface area contributed by atoms with Crippen molar-refractivity contribution in [2.45, 2.75) is 19.4 Å². The van der Waals surface area contributed by atoms with Crippen LogP contribution in [0.2, 0.25) is 0 Å². The van der Waals surface area contributed by atoms with Gasteiger partial charge in [0.25, 0.3) is 0 Å². The number of carbonyl (C=O) groups is 1. The third kappa shape index (κ3) is 2.49. The van der Waals surface area contributed by atoms with Crippen molar-refractivity contribution in [3.8, 4) is 0 Å². The SMILES string of the molecule is Cc1cc(C(O)c2ccc3c(c2)CC(=O)N3C)ccc1Br. The van der Waals surface area contributed by atoms with Gasteiger partial charge in [-0.15, -0.1) is 0 Å². The number of halogens is 1. The number of aliphatic hydroxyl groups excluding tert-OH is 1. The monoisotopic (exact) mass is 345 g/mol. The van der Waals surface area contributed by atoms with Crippen LogP contribution in [0, 0.1) is 6.92 Å². The third-order valence-electron chi connectivity index (χ3n) is 3.99. The lowest BCUT2D eigenvalue weighted by Gasteiger charge is -2.15. The molecule has 3 rings (SSSR count). The lowest BCUT2D eigenvalue weighted by atomic mass is 9.97. The zero-order valence-electron chi connectivity index (χ0n) is 11.9. The van der Waals surface area contributed by atoms with Crippen LogP contribution in [0.3, 0.4) is 0 Å². The quantitative estimate of drug-likeness (QED) is 0.906. The summed E-state index contributed by atoms with van der Waals surface area (Å²) in [7, 11) is 1.78. The molecule has 0 spiro atoms. The van der Waals surface area contributed by atoms with Gasteiger partial charge in [0.15, 0.2) is 0 Å². The molecule has 1 N–H and O–H groups in total. The second kappa shape index (κ2) is 5.28. The van der Waals surface area contributed by atoms with Crippen LogP contribution in [0.1, 0.15) is 28.4 Å². The molecule has 2 aromatic carbocycles. The van der Waals surface area contributed by atoms with Gasteiger partial charge in [-0.2, -0.15) is 0 Å². The van der Waals surface area contributed by atoms with E-state index in [1.54, 1.807) is 11.9 Å². The number of fused-ring (bicyclic) bond motifs is 1. The van der Waals surface area contributed by atoms with Gasteiger partial charge in [0.2, 0.25) is 5.91 Å². The molecule has 0 aromatic heterocycles. The van der Waals surface area contributed by atoms with Gasteiger partial charge in [0.05, 0.1) is 6.42 Å².